The monoisotopic (exact) mass is 346 g/mol. The number of carbonyl (C=O) groups is 1. The maximum atomic E-state index is 12.0. The number of nitrogens with one attached hydrogen (secondary N) is 1. The zero-order valence-corrected chi connectivity index (χ0v) is 14.8. The Kier molecular flexibility index (Phi) is 5.52. The van der Waals surface area contributed by atoms with Gasteiger partial charge in [-0.2, -0.15) is 0 Å². The molecule has 0 aliphatic carbocycles. The molecular weight excluding hydrogens is 324 g/mol. The second-order valence-corrected chi connectivity index (χ2v) is 6.92. The van der Waals surface area contributed by atoms with Gasteiger partial charge in [-0.3, -0.25) is 9.36 Å². The second kappa shape index (κ2) is 7.81. The van der Waals surface area contributed by atoms with Gasteiger partial charge in [0.2, 0.25) is 5.91 Å². The normalized spacial score (nSPS) is 17.2. The minimum atomic E-state index is -0.00913. The van der Waals surface area contributed by atoms with Crippen LogP contribution in [0.2, 0.25) is 0 Å². The molecule has 0 spiro atoms. The fourth-order valence-electron chi connectivity index (χ4n) is 2.59. The van der Waals surface area contributed by atoms with Gasteiger partial charge >= 0.3 is 0 Å². The van der Waals surface area contributed by atoms with Crippen molar-refractivity contribution in [3.8, 4) is 5.69 Å². The zero-order valence-electron chi connectivity index (χ0n) is 14.0. The van der Waals surface area contributed by atoms with Crippen LogP contribution in [0.1, 0.15) is 24.0 Å². The molecule has 2 aromatic rings. The number of hydrogen-bond donors (Lipinski definition) is 1. The quantitative estimate of drug-likeness (QED) is 0.813. The van der Waals surface area contributed by atoms with E-state index in [4.69, 9.17) is 4.74 Å². The van der Waals surface area contributed by atoms with Crippen molar-refractivity contribution >= 4 is 17.7 Å². The molecule has 0 radical (unpaired) electrons. The highest BCUT2D eigenvalue weighted by Gasteiger charge is 2.16. The highest BCUT2D eigenvalue weighted by atomic mass is 32.2. The summed E-state index contributed by atoms with van der Waals surface area (Å²) in [6.45, 7) is 5.55. The van der Waals surface area contributed by atoms with Crippen LogP contribution in [0.15, 0.2) is 29.7 Å². The molecule has 0 bridgehead atoms. The number of ether oxygens (including phenoxy) is 1. The number of thioether (sulfide) groups is 1. The van der Waals surface area contributed by atoms with Crippen LogP contribution >= 0.6 is 11.8 Å². The lowest BCUT2D eigenvalue weighted by Gasteiger charge is -2.11. The molecule has 2 heterocycles. The summed E-state index contributed by atoms with van der Waals surface area (Å²) in [6, 6.07) is 6.21. The number of nitrogens with zero attached hydrogens (tertiary/aromatic N) is 3. The summed E-state index contributed by atoms with van der Waals surface area (Å²) in [5.74, 6) is 0.307. The number of carbonyl (C=O) groups excluding carboxylic acids is 1. The fourth-order valence-corrected chi connectivity index (χ4v) is 3.35. The predicted molar refractivity (Wildman–Crippen MR) is 93.5 cm³/mol. The molecule has 24 heavy (non-hydrogen) atoms. The van der Waals surface area contributed by atoms with Crippen LogP contribution in [0.25, 0.3) is 5.69 Å². The van der Waals surface area contributed by atoms with E-state index in [0.29, 0.717) is 17.5 Å². The summed E-state index contributed by atoms with van der Waals surface area (Å²) >= 11 is 1.39. The van der Waals surface area contributed by atoms with Gasteiger partial charge in [0.05, 0.1) is 11.9 Å². The van der Waals surface area contributed by atoms with Crippen molar-refractivity contribution in [3.63, 3.8) is 0 Å². The first kappa shape index (κ1) is 17.0. The summed E-state index contributed by atoms with van der Waals surface area (Å²) in [4.78, 5) is 12.0. The van der Waals surface area contributed by atoms with Gasteiger partial charge in [0.1, 0.15) is 6.33 Å². The summed E-state index contributed by atoms with van der Waals surface area (Å²) < 4.78 is 7.41. The van der Waals surface area contributed by atoms with Crippen LogP contribution in [0.3, 0.4) is 0 Å². The molecule has 1 atom stereocenters. The Morgan fingerprint density at radius 1 is 1.42 bits per heavy atom. The van der Waals surface area contributed by atoms with Crippen molar-refractivity contribution < 1.29 is 9.53 Å². The first-order valence-corrected chi connectivity index (χ1v) is 9.11. The molecule has 6 nitrogen and oxygen atoms in total. The number of rotatable bonds is 6. The fraction of sp³-hybridized carbons (Fsp3) is 0.471. The van der Waals surface area contributed by atoms with Crippen LogP contribution < -0.4 is 5.32 Å². The standard InChI is InChI=1S/C17H22N4O2S/c1-12-5-6-14(8-13(12)2)21-11-19-20-17(21)24-10-16(22)18-9-15-4-3-7-23-15/h5-6,8,11,15H,3-4,7,9-10H2,1-2H3,(H,18,22). The number of amides is 1. The Balaban J connectivity index is 1.57. The number of benzene rings is 1. The molecule has 1 N–H and O–H groups in total. The van der Waals surface area contributed by atoms with Crippen LogP contribution in [-0.2, 0) is 9.53 Å². The molecule has 1 saturated heterocycles. The highest BCUT2D eigenvalue weighted by molar-refractivity contribution is 7.99. The smallest absolute Gasteiger partial charge is 0.230 e. The Morgan fingerprint density at radius 2 is 2.29 bits per heavy atom. The second-order valence-electron chi connectivity index (χ2n) is 5.98. The Labute approximate surface area is 146 Å². The molecule has 1 fully saturated rings. The van der Waals surface area contributed by atoms with E-state index in [2.05, 4.69) is 41.5 Å². The Morgan fingerprint density at radius 3 is 3.04 bits per heavy atom. The van der Waals surface area contributed by atoms with Gasteiger partial charge in [0, 0.05) is 18.8 Å². The molecule has 1 amide bonds. The molecule has 7 heteroatoms. The average molecular weight is 346 g/mol. The van der Waals surface area contributed by atoms with E-state index in [9.17, 15) is 4.79 Å². The largest absolute Gasteiger partial charge is 0.376 e. The van der Waals surface area contributed by atoms with E-state index in [1.165, 1.54) is 22.9 Å². The minimum Gasteiger partial charge on any atom is -0.376 e. The van der Waals surface area contributed by atoms with Crippen molar-refractivity contribution in [1.82, 2.24) is 20.1 Å². The van der Waals surface area contributed by atoms with Crippen LogP contribution in [0, 0.1) is 13.8 Å². The summed E-state index contributed by atoms with van der Waals surface area (Å²) in [5, 5.41) is 11.7. The van der Waals surface area contributed by atoms with E-state index in [0.717, 1.165) is 25.1 Å². The SMILES string of the molecule is Cc1ccc(-n2cnnc2SCC(=O)NCC2CCCO2)cc1C. The molecule has 0 saturated carbocycles. The van der Waals surface area contributed by atoms with Crippen molar-refractivity contribution in [3.05, 3.63) is 35.7 Å². The molecule has 1 unspecified atom stereocenters. The minimum absolute atomic E-state index is 0.00913. The lowest BCUT2D eigenvalue weighted by atomic mass is 10.1. The van der Waals surface area contributed by atoms with Gasteiger partial charge < -0.3 is 10.1 Å². The van der Waals surface area contributed by atoms with E-state index in [-0.39, 0.29) is 12.0 Å². The third kappa shape index (κ3) is 4.15. The van der Waals surface area contributed by atoms with Crippen molar-refractivity contribution in [2.24, 2.45) is 0 Å². The van der Waals surface area contributed by atoms with Crippen molar-refractivity contribution in [1.29, 1.82) is 0 Å². The van der Waals surface area contributed by atoms with Gasteiger partial charge in [0.25, 0.3) is 0 Å². The molecule has 128 valence electrons. The van der Waals surface area contributed by atoms with Crippen LogP contribution in [0.4, 0.5) is 0 Å². The molecule has 1 aromatic heterocycles. The van der Waals surface area contributed by atoms with Gasteiger partial charge in [0.15, 0.2) is 5.16 Å². The lowest BCUT2D eigenvalue weighted by molar-refractivity contribution is -0.119. The third-order valence-electron chi connectivity index (χ3n) is 4.17. The van der Waals surface area contributed by atoms with Gasteiger partial charge in [-0.15, -0.1) is 10.2 Å². The summed E-state index contributed by atoms with van der Waals surface area (Å²) in [6.07, 6.45) is 3.94. The highest BCUT2D eigenvalue weighted by Crippen LogP contribution is 2.21. The van der Waals surface area contributed by atoms with E-state index in [1.54, 1.807) is 6.33 Å². The maximum absolute atomic E-state index is 12.0. The topological polar surface area (TPSA) is 69.0 Å². The van der Waals surface area contributed by atoms with Crippen LogP contribution in [-0.4, -0.2) is 45.7 Å². The lowest BCUT2D eigenvalue weighted by Crippen LogP contribution is -2.32. The first-order valence-electron chi connectivity index (χ1n) is 8.12. The molecular formula is C17H22N4O2S. The van der Waals surface area contributed by atoms with Crippen LogP contribution in [0.5, 0.6) is 0 Å². The van der Waals surface area contributed by atoms with Gasteiger partial charge in [-0.05, 0) is 49.9 Å². The van der Waals surface area contributed by atoms with Crippen molar-refractivity contribution in [2.75, 3.05) is 18.9 Å². The van der Waals surface area contributed by atoms with E-state index >= 15 is 0 Å². The summed E-state index contributed by atoms with van der Waals surface area (Å²) in [5.41, 5.74) is 3.46. The summed E-state index contributed by atoms with van der Waals surface area (Å²) in [7, 11) is 0. The van der Waals surface area contributed by atoms with E-state index < -0.39 is 0 Å². The third-order valence-corrected chi connectivity index (χ3v) is 5.11. The molecule has 3 rings (SSSR count). The molecule has 1 aromatic carbocycles. The van der Waals surface area contributed by atoms with Gasteiger partial charge in [-0.1, -0.05) is 17.8 Å². The molecule has 1 aliphatic rings. The average Bonchev–Trinajstić information content (AvgIpc) is 3.25. The first-order chi connectivity index (χ1) is 11.6. The van der Waals surface area contributed by atoms with Gasteiger partial charge in [-0.25, -0.2) is 0 Å². The Hall–Kier alpha value is -1.86. The number of aryl methyl sites for hydroxylation is 2. The zero-order chi connectivity index (χ0) is 16.9. The maximum Gasteiger partial charge on any atom is 0.230 e. The molecule has 1 aliphatic heterocycles. The van der Waals surface area contributed by atoms with Crippen molar-refractivity contribution in [2.45, 2.75) is 37.9 Å². The number of aromatic nitrogens is 3. The predicted octanol–water partition coefficient (Wildman–Crippen LogP) is 2.27. The number of hydrogen-bond acceptors (Lipinski definition) is 5. The Bertz CT molecular complexity index is 710. The van der Waals surface area contributed by atoms with E-state index in [1.807, 2.05) is 10.6 Å².